The largest absolute Gasteiger partial charge is 0.437 e. The maximum atomic E-state index is 6.32. The summed E-state index contributed by atoms with van der Waals surface area (Å²) in [6.07, 6.45) is 10.4. The number of furan rings is 1. The van der Waals surface area contributed by atoms with Crippen molar-refractivity contribution in [3.05, 3.63) is 84.7 Å². The molecule has 6 rings (SSSR count). The molecule has 0 radical (unpaired) electrons. The highest BCUT2D eigenvalue weighted by molar-refractivity contribution is 6.14. The predicted octanol–water partition coefficient (Wildman–Crippen LogP) is 7.44. The van der Waals surface area contributed by atoms with E-state index in [1.165, 1.54) is 36.8 Å². The van der Waals surface area contributed by atoms with Crippen LogP contribution in [0, 0.1) is 5.92 Å². The lowest BCUT2D eigenvalue weighted by molar-refractivity contribution is 0.546. The van der Waals surface area contributed by atoms with E-state index in [-0.39, 0.29) is 0 Å². The van der Waals surface area contributed by atoms with E-state index in [0.717, 1.165) is 45.5 Å². The van der Waals surface area contributed by atoms with Crippen LogP contribution in [0.5, 0.6) is 0 Å². The minimum Gasteiger partial charge on any atom is -0.437 e. The van der Waals surface area contributed by atoms with Gasteiger partial charge in [0.2, 0.25) is 5.71 Å². The van der Waals surface area contributed by atoms with Crippen LogP contribution in [0.15, 0.2) is 83.5 Å². The van der Waals surface area contributed by atoms with Crippen LogP contribution < -0.4 is 0 Å². The Bertz CT molecular complexity index is 1360. The van der Waals surface area contributed by atoms with Gasteiger partial charge in [-0.05, 0) is 53.3 Å². The fourth-order valence-electron chi connectivity index (χ4n) is 5.08. The van der Waals surface area contributed by atoms with Gasteiger partial charge >= 0.3 is 0 Å². The quantitative estimate of drug-likeness (QED) is 0.312. The molecule has 0 saturated heterocycles. The second-order valence-electron chi connectivity index (χ2n) is 8.59. The van der Waals surface area contributed by atoms with Gasteiger partial charge in [-0.3, -0.25) is 4.98 Å². The molecule has 3 aromatic heterocycles. The van der Waals surface area contributed by atoms with Gasteiger partial charge in [-0.1, -0.05) is 68.1 Å². The molecule has 3 heteroatoms. The Kier molecular flexibility index (Phi) is 4.53. The van der Waals surface area contributed by atoms with Crippen LogP contribution in [0.1, 0.15) is 31.2 Å². The molecule has 3 heterocycles. The first-order valence-corrected chi connectivity index (χ1v) is 11.2. The number of benzene rings is 2. The topological polar surface area (TPSA) is 38.9 Å². The fourth-order valence-corrected chi connectivity index (χ4v) is 5.08. The minimum absolute atomic E-state index is 0.672. The summed E-state index contributed by atoms with van der Waals surface area (Å²) in [5.74, 6) is 0.815. The number of hydrogen-bond donors (Lipinski definition) is 0. The van der Waals surface area contributed by atoms with Gasteiger partial charge in [0.1, 0.15) is 5.58 Å². The smallest absolute Gasteiger partial charge is 0.227 e. The molecule has 0 aliphatic heterocycles. The van der Waals surface area contributed by atoms with Crippen LogP contribution in [-0.2, 0) is 6.42 Å². The summed E-state index contributed by atoms with van der Waals surface area (Å²) >= 11 is 0. The van der Waals surface area contributed by atoms with E-state index >= 15 is 0 Å². The predicted molar refractivity (Wildman–Crippen MR) is 126 cm³/mol. The van der Waals surface area contributed by atoms with Crippen molar-refractivity contribution in [2.75, 3.05) is 0 Å². The number of pyridine rings is 2. The molecule has 1 aliphatic carbocycles. The van der Waals surface area contributed by atoms with Crippen molar-refractivity contribution in [1.82, 2.24) is 9.97 Å². The molecule has 152 valence electrons. The van der Waals surface area contributed by atoms with Gasteiger partial charge in [-0.2, -0.15) is 0 Å². The molecule has 1 saturated carbocycles. The van der Waals surface area contributed by atoms with Gasteiger partial charge in [0.25, 0.3) is 0 Å². The zero-order valence-electron chi connectivity index (χ0n) is 17.4. The minimum atomic E-state index is 0.672. The molecule has 0 atom stereocenters. The second kappa shape index (κ2) is 7.66. The Morgan fingerprint density at radius 1 is 0.806 bits per heavy atom. The van der Waals surface area contributed by atoms with Crippen molar-refractivity contribution in [1.29, 1.82) is 0 Å². The number of rotatable bonds is 4. The molecule has 5 aromatic rings. The van der Waals surface area contributed by atoms with E-state index < -0.39 is 0 Å². The molecule has 31 heavy (non-hydrogen) atoms. The van der Waals surface area contributed by atoms with E-state index in [4.69, 9.17) is 9.40 Å². The zero-order chi connectivity index (χ0) is 20.6. The Morgan fingerprint density at radius 3 is 2.52 bits per heavy atom. The van der Waals surface area contributed by atoms with Gasteiger partial charge in [0.05, 0.1) is 11.1 Å². The lowest BCUT2D eigenvalue weighted by atomic mass is 9.96. The SMILES string of the molecule is c1ccc(-c2ccnc3oc4c(-c5cc(CC6CCCC6)ccn5)cccc4c23)cc1. The Morgan fingerprint density at radius 2 is 1.65 bits per heavy atom. The summed E-state index contributed by atoms with van der Waals surface area (Å²) in [7, 11) is 0. The van der Waals surface area contributed by atoms with Crippen molar-refractivity contribution >= 4 is 22.1 Å². The van der Waals surface area contributed by atoms with Crippen LogP contribution in [-0.4, -0.2) is 9.97 Å². The average molecular weight is 405 g/mol. The van der Waals surface area contributed by atoms with Crippen LogP contribution in [0.3, 0.4) is 0 Å². The standard InChI is InChI=1S/C28H24N2O/c1-2-9-21(10-3-1)22-14-16-30-28-26(22)24-12-6-11-23(27(24)31-28)25-18-20(13-15-29-25)17-19-7-4-5-8-19/h1-3,6,9-16,18-19H,4-5,7-8,17H2. The molecule has 0 N–H and O–H groups in total. The maximum Gasteiger partial charge on any atom is 0.227 e. The summed E-state index contributed by atoms with van der Waals surface area (Å²) < 4.78 is 6.32. The average Bonchev–Trinajstić information content (AvgIpc) is 3.47. The third-order valence-electron chi connectivity index (χ3n) is 6.58. The first kappa shape index (κ1) is 18.3. The van der Waals surface area contributed by atoms with Crippen molar-refractivity contribution < 1.29 is 4.42 Å². The molecule has 1 fully saturated rings. The molecule has 0 bridgehead atoms. The highest BCUT2D eigenvalue weighted by Crippen LogP contribution is 2.39. The summed E-state index contributed by atoms with van der Waals surface area (Å²) in [6, 6.07) is 23.2. The van der Waals surface area contributed by atoms with E-state index in [9.17, 15) is 0 Å². The summed E-state index contributed by atoms with van der Waals surface area (Å²) in [6.45, 7) is 0. The van der Waals surface area contributed by atoms with E-state index in [1.54, 1.807) is 0 Å². The van der Waals surface area contributed by atoms with Gasteiger partial charge in [0.15, 0.2) is 0 Å². The van der Waals surface area contributed by atoms with E-state index in [0.29, 0.717) is 5.71 Å². The van der Waals surface area contributed by atoms with Crippen molar-refractivity contribution in [3.63, 3.8) is 0 Å². The molecule has 0 unspecified atom stereocenters. The van der Waals surface area contributed by atoms with Crippen LogP contribution in [0.4, 0.5) is 0 Å². The molecule has 1 aliphatic rings. The van der Waals surface area contributed by atoms with Crippen LogP contribution >= 0.6 is 0 Å². The lowest BCUT2D eigenvalue weighted by Gasteiger charge is -2.10. The van der Waals surface area contributed by atoms with Gasteiger partial charge in [-0.15, -0.1) is 0 Å². The first-order valence-electron chi connectivity index (χ1n) is 11.2. The number of nitrogens with zero attached hydrogens (tertiary/aromatic N) is 2. The Balaban J connectivity index is 1.50. The van der Waals surface area contributed by atoms with Crippen molar-refractivity contribution in [2.24, 2.45) is 5.92 Å². The van der Waals surface area contributed by atoms with Crippen molar-refractivity contribution in [2.45, 2.75) is 32.1 Å². The van der Waals surface area contributed by atoms with Gasteiger partial charge in [0, 0.05) is 23.3 Å². The van der Waals surface area contributed by atoms with Gasteiger partial charge < -0.3 is 4.42 Å². The number of fused-ring (bicyclic) bond motifs is 3. The molecule has 0 amide bonds. The summed E-state index contributed by atoms with van der Waals surface area (Å²) in [5.41, 5.74) is 7.21. The van der Waals surface area contributed by atoms with Crippen molar-refractivity contribution in [3.8, 4) is 22.4 Å². The van der Waals surface area contributed by atoms with Crippen LogP contribution in [0.2, 0.25) is 0 Å². The lowest BCUT2D eigenvalue weighted by Crippen LogP contribution is -1.99. The Labute approximate surface area is 181 Å². The number of para-hydroxylation sites is 1. The zero-order valence-corrected chi connectivity index (χ0v) is 17.4. The highest BCUT2D eigenvalue weighted by Gasteiger charge is 2.19. The highest BCUT2D eigenvalue weighted by atomic mass is 16.3. The van der Waals surface area contributed by atoms with Gasteiger partial charge in [-0.25, -0.2) is 4.98 Å². The normalized spacial score (nSPS) is 14.6. The molecule has 3 nitrogen and oxygen atoms in total. The third kappa shape index (κ3) is 3.31. The summed E-state index contributed by atoms with van der Waals surface area (Å²) in [4.78, 5) is 9.24. The summed E-state index contributed by atoms with van der Waals surface area (Å²) in [5, 5.41) is 2.15. The Hall–Kier alpha value is -3.46. The van der Waals surface area contributed by atoms with E-state index in [1.807, 2.05) is 18.5 Å². The third-order valence-corrected chi connectivity index (χ3v) is 6.58. The number of aromatic nitrogens is 2. The monoisotopic (exact) mass is 404 g/mol. The van der Waals surface area contributed by atoms with E-state index in [2.05, 4.69) is 65.6 Å². The molecule has 0 spiro atoms. The molecular formula is C28H24N2O. The van der Waals surface area contributed by atoms with Crippen LogP contribution in [0.25, 0.3) is 44.5 Å². The maximum absolute atomic E-state index is 6.32. The first-order chi connectivity index (χ1) is 15.4. The second-order valence-corrected chi connectivity index (χ2v) is 8.59. The number of hydrogen-bond acceptors (Lipinski definition) is 3. The fraction of sp³-hybridized carbons (Fsp3) is 0.214. The molecule has 2 aromatic carbocycles. The molecular weight excluding hydrogens is 380 g/mol.